The fourth-order valence-electron chi connectivity index (χ4n) is 6.25. The lowest BCUT2D eigenvalue weighted by atomic mass is 9.67. The lowest BCUT2D eigenvalue weighted by Gasteiger charge is -2.43. The zero-order valence-electron chi connectivity index (χ0n) is 20.6. The normalized spacial score (nSPS) is 23.8. The first kappa shape index (κ1) is 23.2. The third-order valence-corrected chi connectivity index (χ3v) is 8.04. The number of hydrogen-bond donors (Lipinski definition) is 2. The molecule has 1 fully saturated rings. The lowest BCUT2D eigenvalue weighted by Crippen LogP contribution is -2.43. The van der Waals surface area contributed by atoms with Crippen LogP contribution in [0.1, 0.15) is 67.3 Å². The van der Waals surface area contributed by atoms with Gasteiger partial charge in [-0.2, -0.15) is 0 Å². The molecule has 3 aromatic rings. The molecule has 0 spiro atoms. The molecule has 0 aliphatic heterocycles. The van der Waals surface area contributed by atoms with E-state index in [2.05, 4.69) is 41.2 Å². The van der Waals surface area contributed by atoms with Crippen molar-refractivity contribution >= 4 is 11.0 Å². The van der Waals surface area contributed by atoms with E-state index in [1.807, 2.05) is 12.1 Å². The molecule has 1 saturated carbocycles. The van der Waals surface area contributed by atoms with Crippen LogP contribution in [0.5, 0.6) is 11.5 Å². The number of H-pyrrole nitrogens is 1. The van der Waals surface area contributed by atoms with Crippen molar-refractivity contribution in [3.8, 4) is 11.5 Å². The van der Waals surface area contributed by atoms with E-state index in [0.29, 0.717) is 5.92 Å². The maximum absolute atomic E-state index is 11.8. The van der Waals surface area contributed by atoms with Crippen LogP contribution >= 0.6 is 0 Å². The van der Waals surface area contributed by atoms with Gasteiger partial charge < -0.3 is 24.5 Å². The summed E-state index contributed by atoms with van der Waals surface area (Å²) < 4.78 is 10.9. The van der Waals surface area contributed by atoms with E-state index in [9.17, 15) is 5.11 Å². The topological polar surface area (TPSA) is 70.6 Å². The minimum Gasteiger partial charge on any atom is -0.494 e. The van der Waals surface area contributed by atoms with E-state index in [1.54, 1.807) is 14.2 Å². The standard InChI is InChI=1S/C28H37N3O3/c1-31(16-7-12-25-29-26-23(33-2)13-14-24(34-3)27(26)30-25)17-15-28(32)18-19-8-6-11-22(28)21-10-5-4-9-20(19)21/h4-5,9-10,13-14,19,22,32H,6-8,11-12,15-18H2,1-3H3,(H,29,30)/t19-,22-,28+/m0/s1. The van der Waals surface area contributed by atoms with Crippen LogP contribution in [-0.2, 0) is 6.42 Å². The second-order valence-electron chi connectivity index (χ2n) is 10.2. The van der Waals surface area contributed by atoms with Gasteiger partial charge in [0.2, 0.25) is 0 Å². The summed E-state index contributed by atoms with van der Waals surface area (Å²) in [6.45, 7) is 1.87. The van der Waals surface area contributed by atoms with Crippen molar-refractivity contribution in [3.63, 3.8) is 0 Å². The molecule has 1 heterocycles. The molecule has 34 heavy (non-hydrogen) atoms. The van der Waals surface area contributed by atoms with Gasteiger partial charge in [-0.25, -0.2) is 4.98 Å². The Morgan fingerprint density at radius 3 is 2.62 bits per heavy atom. The Kier molecular flexibility index (Phi) is 6.54. The Morgan fingerprint density at radius 2 is 1.82 bits per heavy atom. The van der Waals surface area contributed by atoms with Gasteiger partial charge in [-0.3, -0.25) is 0 Å². The number of nitrogens with zero attached hydrogens (tertiary/aromatic N) is 2. The smallest absolute Gasteiger partial charge is 0.146 e. The van der Waals surface area contributed by atoms with Crippen molar-refractivity contribution in [1.29, 1.82) is 0 Å². The van der Waals surface area contributed by atoms with Gasteiger partial charge in [0.1, 0.15) is 28.4 Å². The molecule has 0 amide bonds. The summed E-state index contributed by atoms with van der Waals surface area (Å²) in [4.78, 5) is 10.5. The van der Waals surface area contributed by atoms with Crippen LogP contribution < -0.4 is 9.47 Å². The summed E-state index contributed by atoms with van der Waals surface area (Å²) in [6.07, 6.45) is 7.12. The van der Waals surface area contributed by atoms with Crippen molar-refractivity contribution in [1.82, 2.24) is 14.9 Å². The number of aliphatic hydroxyl groups is 1. The number of aromatic amines is 1. The highest BCUT2D eigenvalue weighted by atomic mass is 16.5. The third-order valence-electron chi connectivity index (χ3n) is 8.04. The molecule has 1 aromatic heterocycles. The number of benzene rings is 2. The molecule has 0 radical (unpaired) electrons. The molecule has 6 heteroatoms. The Hall–Kier alpha value is -2.57. The van der Waals surface area contributed by atoms with Crippen LogP contribution in [0.3, 0.4) is 0 Å². The van der Waals surface area contributed by atoms with E-state index < -0.39 is 5.60 Å². The maximum Gasteiger partial charge on any atom is 0.146 e. The van der Waals surface area contributed by atoms with Crippen LogP contribution in [0.15, 0.2) is 36.4 Å². The number of nitrogens with one attached hydrogen (secondary N) is 1. The molecule has 6 nitrogen and oxygen atoms in total. The van der Waals surface area contributed by atoms with Crippen molar-refractivity contribution in [2.75, 3.05) is 34.4 Å². The van der Waals surface area contributed by atoms with E-state index in [1.165, 1.54) is 24.0 Å². The minimum atomic E-state index is -0.588. The van der Waals surface area contributed by atoms with Crippen molar-refractivity contribution in [3.05, 3.63) is 53.3 Å². The predicted molar refractivity (Wildman–Crippen MR) is 135 cm³/mol. The maximum atomic E-state index is 11.8. The van der Waals surface area contributed by atoms with Gasteiger partial charge >= 0.3 is 0 Å². The molecule has 6 rings (SSSR count). The highest BCUT2D eigenvalue weighted by Crippen LogP contribution is 2.53. The van der Waals surface area contributed by atoms with E-state index in [-0.39, 0.29) is 5.92 Å². The molecular weight excluding hydrogens is 426 g/mol. The number of rotatable bonds is 9. The van der Waals surface area contributed by atoms with Crippen LogP contribution in [-0.4, -0.2) is 59.9 Å². The van der Waals surface area contributed by atoms with Gasteiger partial charge in [-0.15, -0.1) is 0 Å². The summed E-state index contributed by atoms with van der Waals surface area (Å²) in [5.41, 5.74) is 4.00. The lowest BCUT2D eigenvalue weighted by molar-refractivity contribution is -0.0194. The van der Waals surface area contributed by atoms with E-state index in [4.69, 9.17) is 14.5 Å². The van der Waals surface area contributed by atoms with Gasteiger partial charge in [0.05, 0.1) is 19.8 Å². The molecular formula is C28H37N3O3. The van der Waals surface area contributed by atoms with Crippen molar-refractivity contribution < 1.29 is 14.6 Å². The molecule has 2 N–H and O–H groups in total. The Balaban J connectivity index is 1.18. The highest BCUT2D eigenvalue weighted by molar-refractivity contribution is 5.87. The molecule has 182 valence electrons. The van der Waals surface area contributed by atoms with Gasteiger partial charge in [-0.05, 0) is 74.9 Å². The molecule has 0 saturated heterocycles. The summed E-state index contributed by atoms with van der Waals surface area (Å²) >= 11 is 0. The fraction of sp³-hybridized carbons (Fsp3) is 0.536. The number of methoxy groups -OCH3 is 2. The zero-order chi connectivity index (χ0) is 23.7. The summed E-state index contributed by atoms with van der Waals surface area (Å²) in [6, 6.07) is 12.6. The van der Waals surface area contributed by atoms with Gasteiger partial charge in [0.25, 0.3) is 0 Å². The molecule has 2 bridgehead atoms. The quantitative estimate of drug-likeness (QED) is 0.466. The summed E-state index contributed by atoms with van der Waals surface area (Å²) in [5.74, 6) is 3.26. The Labute approximate surface area is 202 Å². The Morgan fingerprint density at radius 1 is 1.06 bits per heavy atom. The van der Waals surface area contributed by atoms with Crippen LogP contribution in [0.4, 0.5) is 0 Å². The third kappa shape index (κ3) is 4.29. The van der Waals surface area contributed by atoms with Crippen molar-refractivity contribution in [2.45, 2.75) is 62.4 Å². The van der Waals surface area contributed by atoms with E-state index >= 15 is 0 Å². The van der Waals surface area contributed by atoms with E-state index in [0.717, 1.165) is 73.6 Å². The monoisotopic (exact) mass is 463 g/mol. The first-order valence-electron chi connectivity index (χ1n) is 12.6. The van der Waals surface area contributed by atoms with Crippen LogP contribution in [0.2, 0.25) is 0 Å². The minimum absolute atomic E-state index is 0.274. The molecule has 3 atom stereocenters. The van der Waals surface area contributed by atoms with Gasteiger partial charge in [-0.1, -0.05) is 30.7 Å². The fourth-order valence-corrected chi connectivity index (χ4v) is 6.25. The second-order valence-corrected chi connectivity index (χ2v) is 10.2. The van der Waals surface area contributed by atoms with Crippen molar-refractivity contribution in [2.24, 2.45) is 0 Å². The Bertz CT molecular complexity index is 1100. The largest absolute Gasteiger partial charge is 0.494 e. The number of imidazole rings is 1. The van der Waals surface area contributed by atoms with Gasteiger partial charge in [0, 0.05) is 18.9 Å². The number of hydrogen-bond acceptors (Lipinski definition) is 5. The number of aromatic nitrogens is 2. The van der Waals surface area contributed by atoms with Crippen LogP contribution in [0.25, 0.3) is 11.0 Å². The number of fused-ring (bicyclic) bond motifs is 4. The molecule has 2 aromatic carbocycles. The SMILES string of the molecule is COc1ccc(OC)c2[nH]c(CCCN(C)CC[C@@]3(O)C[C@@H]4CCC[C@H]3c3ccccc34)nc12. The molecule has 0 unspecified atom stereocenters. The summed E-state index contributed by atoms with van der Waals surface area (Å²) in [7, 11) is 5.50. The average Bonchev–Trinajstić information content (AvgIpc) is 3.09. The molecule has 3 aliphatic carbocycles. The zero-order valence-corrected chi connectivity index (χ0v) is 20.6. The predicted octanol–water partition coefficient (Wildman–Crippen LogP) is 5.02. The van der Waals surface area contributed by atoms with Crippen LogP contribution in [0, 0.1) is 0 Å². The number of aryl methyl sites for hydroxylation is 1. The highest BCUT2D eigenvalue weighted by Gasteiger charge is 2.46. The average molecular weight is 464 g/mol. The summed E-state index contributed by atoms with van der Waals surface area (Å²) in [5, 5.41) is 11.8. The second kappa shape index (κ2) is 9.59. The first-order valence-corrected chi connectivity index (χ1v) is 12.6. The number of ether oxygens (including phenoxy) is 2. The first-order chi connectivity index (χ1) is 16.5. The molecule has 3 aliphatic rings. The van der Waals surface area contributed by atoms with Gasteiger partial charge in [0.15, 0.2) is 0 Å².